The number of ether oxygens (including phenoxy) is 1. The molecule has 0 heterocycles. The van der Waals surface area contributed by atoms with Gasteiger partial charge in [-0.05, 0) is 37.3 Å². The number of carbonyl (C=O) groups excluding carboxylic acids is 1. The van der Waals surface area contributed by atoms with Gasteiger partial charge in [0.2, 0.25) is 5.91 Å². The lowest BCUT2D eigenvalue weighted by molar-refractivity contribution is -0.124. The minimum Gasteiger partial charge on any atom is -0.397 e. The van der Waals surface area contributed by atoms with Gasteiger partial charge in [-0.2, -0.15) is 0 Å². The minimum absolute atomic E-state index is 0.106. The van der Waals surface area contributed by atoms with Gasteiger partial charge in [-0.15, -0.1) is 0 Å². The third-order valence-corrected chi connectivity index (χ3v) is 4.36. The Morgan fingerprint density at radius 2 is 2.14 bits per heavy atom. The van der Waals surface area contributed by atoms with Crippen molar-refractivity contribution in [3.63, 3.8) is 0 Å². The molecule has 1 saturated carbocycles. The molecule has 0 aromatic heterocycles. The Morgan fingerprint density at radius 1 is 1.38 bits per heavy atom. The maximum absolute atomic E-state index is 12.1. The van der Waals surface area contributed by atoms with Crippen molar-refractivity contribution in [1.29, 1.82) is 0 Å². The number of carbonyl (C=O) groups is 1. The average molecular weight is 290 g/mol. The molecule has 2 atom stereocenters. The molecule has 1 aliphatic rings. The molecule has 1 aliphatic carbocycles. The molecule has 0 bridgehead atoms. The molecular formula is C17H26N2O2. The van der Waals surface area contributed by atoms with E-state index in [1.807, 2.05) is 19.1 Å². The lowest BCUT2D eigenvalue weighted by Crippen LogP contribution is -2.31. The largest absolute Gasteiger partial charge is 0.397 e. The first-order chi connectivity index (χ1) is 10.1. The van der Waals surface area contributed by atoms with Gasteiger partial charge in [-0.1, -0.05) is 38.3 Å². The van der Waals surface area contributed by atoms with Crippen LogP contribution in [-0.2, 0) is 9.53 Å². The van der Waals surface area contributed by atoms with Crippen molar-refractivity contribution in [2.24, 2.45) is 5.92 Å². The number of benzene rings is 1. The van der Waals surface area contributed by atoms with Crippen molar-refractivity contribution < 1.29 is 9.53 Å². The number of hydrogen-bond donors (Lipinski definition) is 2. The predicted octanol–water partition coefficient (Wildman–Crippen LogP) is 3.50. The van der Waals surface area contributed by atoms with E-state index < -0.39 is 0 Å². The SMILES string of the molecule is CCC1CCCCC1OCC(=O)Nc1c(C)cccc1N. The third kappa shape index (κ3) is 4.21. The van der Waals surface area contributed by atoms with E-state index >= 15 is 0 Å². The summed E-state index contributed by atoms with van der Waals surface area (Å²) in [7, 11) is 0. The molecule has 2 rings (SSSR count). The lowest BCUT2D eigenvalue weighted by Gasteiger charge is -2.30. The number of nitrogen functional groups attached to an aromatic ring is 1. The average Bonchev–Trinajstić information content (AvgIpc) is 2.49. The van der Waals surface area contributed by atoms with Crippen LogP contribution in [0, 0.1) is 12.8 Å². The van der Waals surface area contributed by atoms with Crippen LogP contribution in [0.3, 0.4) is 0 Å². The molecule has 2 unspecified atom stereocenters. The second-order valence-electron chi connectivity index (χ2n) is 5.89. The molecule has 21 heavy (non-hydrogen) atoms. The molecule has 4 heteroatoms. The van der Waals surface area contributed by atoms with E-state index in [1.54, 1.807) is 6.07 Å². The zero-order valence-corrected chi connectivity index (χ0v) is 13.0. The van der Waals surface area contributed by atoms with E-state index in [0.717, 1.165) is 18.4 Å². The highest BCUT2D eigenvalue weighted by Crippen LogP contribution is 2.29. The molecule has 0 saturated heterocycles. The number of nitrogens with one attached hydrogen (secondary N) is 1. The standard InChI is InChI=1S/C17H26N2O2/c1-3-13-8-4-5-10-15(13)21-11-16(20)19-17-12(2)7-6-9-14(17)18/h6-7,9,13,15H,3-5,8,10-11,18H2,1-2H3,(H,19,20). The molecular weight excluding hydrogens is 264 g/mol. The molecule has 0 radical (unpaired) electrons. The number of nitrogens with two attached hydrogens (primary N) is 1. The highest BCUT2D eigenvalue weighted by Gasteiger charge is 2.24. The second kappa shape index (κ2) is 7.46. The van der Waals surface area contributed by atoms with Crippen LogP contribution < -0.4 is 11.1 Å². The first kappa shape index (κ1) is 15.8. The number of amides is 1. The topological polar surface area (TPSA) is 64.3 Å². The number of anilines is 2. The first-order valence-corrected chi connectivity index (χ1v) is 7.88. The van der Waals surface area contributed by atoms with Crippen molar-refractivity contribution in [3.05, 3.63) is 23.8 Å². The number of para-hydroxylation sites is 1. The van der Waals surface area contributed by atoms with Gasteiger partial charge in [0.05, 0.1) is 17.5 Å². The Balaban J connectivity index is 1.87. The van der Waals surface area contributed by atoms with Crippen molar-refractivity contribution in [2.45, 2.75) is 52.1 Å². The van der Waals surface area contributed by atoms with Crippen LogP contribution in [-0.4, -0.2) is 18.6 Å². The van der Waals surface area contributed by atoms with Crippen molar-refractivity contribution in [1.82, 2.24) is 0 Å². The summed E-state index contributed by atoms with van der Waals surface area (Å²) < 4.78 is 5.85. The maximum Gasteiger partial charge on any atom is 0.250 e. The molecule has 0 spiro atoms. The fourth-order valence-electron chi connectivity index (χ4n) is 3.08. The summed E-state index contributed by atoms with van der Waals surface area (Å²) in [4.78, 5) is 12.1. The van der Waals surface area contributed by atoms with Crippen molar-refractivity contribution in [2.75, 3.05) is 17.7 Å². The highest BCUT2D eigenvalue weighted by molar-refractivity contribution is 5.95. The van der Waals surface area contributed by atoms with Crippen LogP contribution in [0.2, 0.25) is 0 Å². The summed E-state index contributed by atoms with van der Waals surface area (Å²) in [5, 5.41) is 2.86. The van der Waals surface area contributed by atoms with Gasteiger partial charge in [-0.25, -0.2) is 0 Å². The summed E-state index contributed by atoms with van der Waals surface area (Å²) in [6, 6.07) is 5.60. The molecule has 1 fully saturated rings. The molecule has 1 aromatic rings. The number of hydrogen-bond acceptors (Lipinski definition) is 3. The lowest BCUT2D eigenvalue weighted by atomic mass is 9.85. The molecule has 4 nitrogen and oxygen atoms in total. The summed E-state index contributed by atoms with van der Waals surface area (Å²) >= 11 is 0. The summed E-state index contributed by atoms with van der Waals surface area (Å²) in [5.41, 5.74) is 8.15. The summed E-state index contributed by atoms with van der Waals surface area (Å²) in [5.74, 6) is 0.464. The van der Waals surface area contributed by atoms with Gasteiger partial charge < -0.3 is 15.8 Å². The van der Waals surface area contributed by atoms with E-state index in [0.29, 0.717) is 17.3 Å². The Bertz CT molecular complexity index is 467. The fourth-order valence-corrected chi connectivity index (χ4v) is 3.08. The van der Waals surface area contributed by atoms with Crippen LogP contribution in [0.1, 0.15) is 44.6 Å². The summed E-state index contributed by atoms with van der Waals surface area (Å²) in [6.07, 6.45) is 6.12. The second-order valence-corrected chi connectivity index (χ2v) is 5.89. The third-order valence-electron chi connectivity index (χ3n) is 4.36. The van der Waals surface area contributed by atoms with Crippen LogP contribution in [0.15, 0.2) is 18.2 Å². The molecule has 3 N–H and O–H groups in total. The van der Waals surface area contributed by atoms with Crippen LogP contribution in [0.25, 0.3) is 0 Å². The van der Waals surface area contributed by atoms with Crippen molar-refractivity contribution in [3.8, 4) is 0 Å². The quantitative estimate of drug-likeness (QED) is 0.816. The molecule has 0 aliphatic heterocycles. The Hall–Kier alpha value is -1.55. The van der Waals surface area contributed by atoms with E-state index in [4.69, 9.17) is 10.5 Å². The minimum atomic E-state index is -0.128. The Kier molecular flexibility index (Phi) is 5.62. The first-order valence-electron chi connectivity index (χ1n) is 7.88. The number of aryl methyl sites for hydroxylation is 1. The fraction of sp³-hybridized carbons (Fsp3) is 0.588. The Morgan fingerprint density at radius 3 is 2.86 bits per heavy atom. The van der Waals surface area contributed by atoms with Crippen LogP contribution in [0.4, 0.5) is 11.4 Å². The maximum atomic E-state index is 12.1. The van der Waals surface area contributed by atoms with Crippen LogP contribution >= 0.6 is 0 Å². The van der Waals surface area contributed by atoms with E-state index in [9.17, 15) is 4.79 Å². The smallest absolute Gasteiger partial charge is 0.250 e. The monoisotopic (exact) mass is 290 g/mol. The number of rotatable bonds is 5. The van der Waals surface area contributed by atoms with E-state index in [-0.39, 0.29) is 18.6 Å². The van der Waals surface area contributed by atoms with Crippen LogP contribution in [0.5, 0.6) is 0 Å². The highest BCUT2D eigenvalue weighted by atomic mass is 16.5. The normalized spacial score (nSPS) is 22.0. The van der Waals surface area contributed by atoms with Gasteiger partial charge in [0.1, 0.15) is 6.61 Å². The van der Waals surface area contributed by atoms with E-state index in [1.165, 1.54) is 19.3 Å². The zero-order chi connectivity index (χ0) is 15.2. The van der Waals surface area contributed by atoms with Crippen molar-refractivity contribution >= 4 is 17.3 Å². The zero-order valence-electron chi connectivity index (χ0n) is 13.0. The predicted molar refractivity (Wildman–Crippen MR) is 86.2 cm³/mol. The Labute approximate surface area is 127 Å². The van der Waals surface area contributed by atoms with Gasteiger partial charge >= 0.3 is 0 Å². The van der Waals surface area contributed by atoms with Gasteiger partial charge in [0, 0.05) is 0 Å². The van der Waals surface area contributed by atoms with Gasteiger partial charge in [-0.3, -0.25) is 4.79 Å². The van der Waals surface area contributed by atoms with Gasteiger partial charge in [0.15, 0.2) is 0 Å². The molecule has 1 amide bonds. The van der Waals surface area contributed by atoms with Gasteiger partial charge in [0.25, 0.3) is 0 Å². The van der Waals surface area contributed by atoms with E-state index in [2.05, 4.69) is 12.2 Å². The molecule has 116 valence electrons. The summed E-state index contributed by atoms with van der Waals surface area (Å²) in [6.45, 7) is 4.23. The molecule has 1 aromatic carbocycles.